The summed E-state index contributed by atoms with van der Waals surface area (Å²) in [5, 5.41) is 0. The van der Waals surface area contributed by atoms with Crippen LogP contribution in [0.1, 0.15) is 310 Å². The van der Waals surface area contributed by atoms with Crippen LogP contribution in [0.3, 0.4) is 0 Å². The van der Waals surface area contributed by atoms with Crippen molar-refractivity contribution in [1.29, 1.82) is 0 Å². The quantitative estimate of drug-likeness (QED) is 0.0261. The van der Waals surface area contributed by atoms with Crippen LogP contribution in [0.4, 0.5) is 0 Å². The Morgan fingerprint density at radius 1 is 0.269 bits per heavy atom. The largest absolute Gasteiger partial charge is 0.462 e. The summed E-state index contributed by atoms with van der Waals surface area (Å²) in [5.41, 5.74) is 0. The van der Waals surface area contributed by atoms with E-state index in [1.807, 2.05) is 0 Å². The van der Waals surface area contributed by atoms with Crippen molar-refractivity contribution in [3.05, 3.63) is 109 Å². The molecule has 6 nitrogen and oxygen atoms in total. The number of rotatable bonds is 59. The lowest BCUT2D eigenvalue weighted by Crippen LogP contribution is -2.30. The zero-order chi connectivity index (χ0) is 56.4. The summed E-state index contributed by atoms with van der Waals surface area (Å²) >= 11 is 0. The van der Waals surface area contributed by atoms with Crippen molar-refractivity contribution in [2.24, 2.45) is 0 Å². The van der Waals surface area contributed by atoms with Crippen LogP contribution in [-0.2, 0) is 28.6 Å². The SMILES string of the molecule is CC/C=C\C/C=C\C/C=C\C/C=C\C/C=C\C/C=C\CCCCCCCCC(=O)OCC(COC(=O)CCCCCCC/C=C\CCCCCCCCC)OC(=O)CCCCCCCCCCC/C=C\C/C=C\CCCCC. The topological polar surface area (TPSA) is 78.9 Å². The molecular formula is C72H122O6. The molecule has 0 aromatic rings. The second-order valence-electron chi connectivity index (χ2n) is 21.6. The number of hydrogen-bond acceptors (Lipinski definition) is 6. The molecule has 0 bridgehead atoms. The highest BCUT2D eigenvalue weighted by Crippen LogP contribution is 2.16. The molecule has 0 aromatic carbocycles. The van der Waals surface area contributed by atoms with E-state index < -0.39 is 6.10 Å². The number of ether oxygens (including phenoxy) is 3. The predicted molar refractivity (Wildman–Crippen MR) is 339 cm³/mol. The first-order chi connectivity index (χ1) is 38.5. The van der Waals surface area contributed by atoms with E-state index in [1.54, 1.807) is 0 Å². The Morgan fingerprint density at radius 3 is 0.821 bits per heavy atom. The first-order valence-corrected chi connectivity index (χ1v) is 32.9. The molecule has 446 valence electrons. The highest BCUT2D eigenvalue weighted by Gasteiger charge is 2.19. The smallest absolute Gasteiger partial charge is 0.306 e. The number of carbonyl (C=O) groups is 3. The minimum absolute atomic E-state index is 0.0888. The van der Waals surface area contributed by atoms with Crippen LogP contribution in [-0.4, -0.2) is 37.2 Å². The van der Waals surface area contributed by atoms with E-state index in [2.05, 4.69) is 130 Å². The Balaban J connectivity index is 4.42. The molecule has 0 heterocycles. The molecular weight excluding hydrogens is 961 g/mol. The molecule has 0 fully saturated rings. The number of esters is 3. The van der Waals surface area contributed by atoms with Gasteiger partial charge in [-0.05, 0) is 128 Å². The Hall–Kier alpha value is -3.93. The Labute approximate surface area is 482 Å². The Morgan fingerprint density at radius 2 is 0.500 bits per heavy atom. The normalized spacial score (nSPS) is 12.8. The fraction of sp³-hybridized carbons (Fsp3) is 0.708. The van der Waals surface area contributed by atoms with Crippen molar-refractivity contribution >= 4 is 17.9 Å². The highest BCUT2D eigenvalue weighted by molar-refractivity contribution is 5.71. The molecule has 0 spiro atoms. The lowest BCUT2D eigenvalue weighted by molar-refractivity contribution is -0.167. The van der Waals surface area contributed by atoms with Crippen LogP contribution in [0, 0.1) is 0 Å². The summed E-state index contributed by atoms with van der Waals surface area (Å²) in [5.74, 6) is -0.907. The van der Waals surface area contributed by atoms with Gasteiger partial charge in [-0.1, -0.05) is 271 Å². The average Bonchev–Trinajstić information content (AvgIpc) is 3.44. The number of carbonyl (C=O) groups excluding carboxylic acids is 3. The van der Waals surface area contributed by atoms with Gasteiger partial charge in [0.1, 0.15) is 13.2 Å². The summed E-state index contributed by atoms with van der Waals surface area (Å²) in [6.45, 7) is 6.50. The van der Waals surface area contributed by atoms with Gasteiger partial charge in [-0.3, -0.25) is 14.4 Å². The summed E-state index contributed by atoms with van der Waals surface area (Å²) in [4.78, 5) is 38.4. The summed E-state index contributed by atoms with van der Waals surface area (Å²) < 4.78 is 16.9. The minimum atomic E-state index is -0.793. The zero-order valence-electron chi connectivity index (χ0n) is 51.2. The molecule has 0 aliphatic heterocycles. The van der Waals surface area contributed by atoms with Gasteiger partial charge in [0.25, 0.3) is 0 Å². The Bertz CT molecular complexity index is 1570. The van der Waals surface area contributed by atoms with Crippen LogP contribution in [0.2, 0.25) is 0 Å². The monoisotopic (exact) mass is 1080 g/mol. The maximum absolute atomic E-state index is 12.9. The van der Waals surface area contributed by atoms with Crippen molar-refractivity contribution in [2.75, 3.05) is 13.2 Å². The molecule has 0 rings (SSSR count). The summed E-state index contributed by atoms with van der Waals surface area (Å²) in [6.07, 6.45) is 89.4. The lowest BCUT2D eigenvalue weighted by atomic mass is 10.1. The van der Waals surface area contributed by atoms with Gasteiger partial charge in [0.15, 0.2) is 6.10 Å². The van der Waals surface area contributed by atoms with Crippen LogP contribution < -0.4 is 0 Å². The molecule has 78 heavy (non-hydrogen) atoms. The molecule has 0 amide bonds. The van der Waals surface area contributed by atoms with E-state index >= 15 is 0 Å². The molecule has 0 aliphatic rings. The van der Waals surface area contributed by atoms with Crippen LogP contribution in [0.25, 0.3) is 0 Å². The maximum atomic E-state index is 12.9. The molecule has 1 atom stereocenters. The zero-order valence-corrected chi connectivity index (χ0v) is 51.2. The predicted octanol–water partition coefficient (Wildman–Crippen LogP) is 22.6. The van der Waals surface area contributed by atoms with Gasteiger partial charge in [-0.15, -0.1) is 0 Å². The molecule has 0 saturated heterocycles. The molecule has 0 saturated carbocycles. The molecule has 1 unspecified atom stereocenters. The van der Waals surface area contributed by atoms with E-state index in [0.29, 0.717) is 19.3 Å². The van der Waals surface area contributed by atoms with E-state index in [4.69, 9.17) is 14.2 Å². The van der Waals surface area contributed by atoms with Gasteiger partial charge >= 0.3 is 17.9 Å². The van der Waals surface area contributed by atoms with Gasteiger partial charge in [0.2, 0.25) is 0 Å². The third-order valence-corrected chi connectivity index (χ3v) is 14.0. The third kappa shape index (κ3) is 62.9. The van der Waals surface area contributed by atoms with Gasteiger partial charge in [0, 0.05) is 19.3 Å². The van der Waals surface area contributed by atoms with Crippen molar-refractivity contribution in [3.63, 3.8) is 0 Å². The molecule has 6 heteroatoms. The number of hydrogen-bond donors (Lipinski definition) is 0. The second-order valence-corrected chi connectivity index (χ2v) is 21.6. The Kier molecular flexibility index (Phi) is 62.3. The maximum Gasteiger partial charge on any atom is 0.306 e. The fourth-order valence-electron chi connectivity index (χ4n) is 9.06. The van der Waals surface area contributed by atoms with E-state index in [-0.39, 0.29) is 31.1 Å². The molecule has 0 aliphatic carbocycles. The van der Waals surface area contributed by atoms with Crippen molar-refractivity contribution < 1.29 is 28.6 Å². The van der Waals surface area contributed by atoms with E-state index in [9.17, 15) is 14.4 Å². The standard InChI is InChI=1S/C72H122O6/c1-4-7-10-13-16-19-22-25-28-31-33-34-35-36-37-38-40-41-44-47-50-53-56-59-62-65-71(74)77-68-69(67-76-70(73)64-61-58-55-52-49-46-43-30-27-24-21-18-15-12-9-6-3)78-72(75)66-63-60-57-54-51-48-45-42-39-32-29-26-23-20-17-14-11-8-5-2/h7,10,16-17,19-20,25-26,28-30,33-34,36-37,40-41,43,69H,4-6,8-9,11-15,18,21-24,27,31-32,35,38-39,42,44-68H2,1-3H3/b10-7-,19-16-,20-17-,28-25-,29-26-,34-33-,37-36-,41-40-,43-30-. The highest BCUT2D eigenvalue weighted by atomic mass is 16.6. The minimum Gasteiger partial charge on any atom is -0.462 e. The third-order valence-electron chi connectivity index (χ3n) is 14.0. The summed E-state index contributed by atoms with van der Waals surface area (Å²) in [6, 6.07) is 0. The van der Waals surface area contributed by atoms with Gasteiger partial charge in [-0.25, -0.2) is 0 Å². The first-order valence-electron chi connectivity index (χ1n) is 32.9. The molecule has 0 N–H and O–H groups in total. The number of allylic oxidation sites excluding steroid dienone is 18. The molecule has 0 radical (unpaired) electrons. The second kappa shape index (κ2) is 65.6. The first kappa shape index (κ1) is 74.1. The van der Waals surface area contributed by atoms with Crippen LogP contribution in [0.5, 0.6) is 0 Å². The van der Waals surface area contributed by atoms with Gasteiger partial charge in [0.05, 0.1) is 0 Å². The molecule has 0 aromatic heterocycles. The van der Waals surface area contributed by atoms with Crippen molar-refractivity contribution in [1.82, 2.24) is 0 Å². The average molecular weight is 1080 g/mol. The lowest BCUT2D eigenvalue weighted by Gasteiger charge is -2.18. The van der Waals surface area contributed by atoms with Gasteiger partial charge in [-0.2, -0.15) is 0 Å². The summed E-state index contributed by atoms with van der Waals surface area (Å²) in [7, 11) is 0. The van der Waals surface area contributed by atoms with Gasteiger partial charge < -0.3 is 14.2 Å². The van der Waals surface area contributed by atoms with Crippen molar-refractivity contribution in [2.45, 2.75) is 316 Å². The van der Waals surface area contributed by atoms with E-state index in [1.165, 1.54) is 148 Å². The van der Waals surface area contributed by atoms with E-state index in [0.717, 1.165) is 122 Å². The number of unbranched alkanes of at least 4 members (excludes halogenated alkanes) is 30. The fourth-order valence-corrected chi connectivity index (χ4v) is 9.06. The van der Waals surface area contributed by atoms with Crippen molar-refractivity contribution in [3.8, 4) is 0 Å². The van der Waals surface area contributed by atoms with Crippen LogP contribution >= 0.6 is 0 Å². The van der Waals surface area contributed by atoms with Crippen LogP contribution in [0.15, 0.2) is 109 Å².